The summed E-state index contributed by atoms with van der Waals surface area (Å²) in [5.74, 6) is 2.81. The number of fused-ring (bicyclic) bond motifs is 1. The van der Waals surface area contributed by atoms with E-state index >= 15 is 0 Å². The number of hydrogen-bond donors (Lipinski definition) is 0. The van der Waals surface area contributed by atoms with Crippen molar-refractivity contribution in [3.05, 3.63) is 53.9 Å². The fourth-order valence-electron chi connectivity index (χ4n) is 3.16. The van der Waals surface area contributed by atoms with E-state index in [-0.39, 0.29) is 0 Å². The highest BCUT2D eigenvalue weighted by Crippen LogP contribution is 2.39. The zero-order chi connectivity index (χ0) is 19.2. The van der Waals surface area contributed by atoms with Crippen molar-refractivity contribution in [2.75, 3.05) is 27.4 Å². The molecule has 0 saturated heterocycles. The average molecular weight is 367 g/mol. The maximum absolute atomic E-state index is 5.69. The SMILES string of the molecule is CCOc1ccc2c(Cc3cc(OC)c(OCC)c(OC)c3)cncc2c1. The fraction of sp³-hybridized carbons (Fsp3) is 0.318. The molecular formula is C22H25NO4. The third kappa shape index (κ3) is 4.08. The highest BCUT2D eigenvalue weighted by molar-refractivity contribution is 5.86. The van der Waals surface area contributed by atoms with Crippen molar-refractivity contribution in [2.24, 2.45) is 0 Å². The van der Waals surface area contributed by atoms with Gasteiger partial charge in [0, 0.05) is 17.8 Å². The number of ether oxygens (including phenoxy) is 4. The molecule has 0 aliphatic heterocycles. The molecule has 3 rings (SSSR count). The summed E-state index contributed by atoms with van der Waals surface area (Å²) in [5, 5.41) is 2.21. The van der Waals surface area contributed by atoms with Gasteiger partial charge in [-0.1, -0.05) is 6.07 Å². The number of nitrogens with zero attached hydrogens (tertiary/aromatic N) is 1. The molecule has 3 aromatic rings. The third-order valence-corrected chi connectivity index (χ3v) is 4.33. The van der Waals surface area contributed by atoms with Crippen LogP contribution in [0.2, 0.25) is 0 Å². The summed E-state index contributed by atoms with van der Waals surface area (Å²) in [6.07, 6.45) is 4.47. The van der Waals surface area contributed by atoms with Gasteiger partial charge in [0.25, 0.3) is 0 Å². The summed E-state index contributed by atoms with van der Waals surface area (Å²) in [6, 6.07) is 10.1. The first-order valence-corrected chi connectivity index (χ1v) is 9.07. The van der Waals surface area contributed by atoms with E-state index in [1.165, 1.54) is 0 Å². The molecule has 0 unspecified atom stereocenters. The number of benzene rings is 2. The second-order valence-corrected chi connectivity index (χ2v) is 6.05. The summed E-state index contributed by atoms with van der Waals surface area (Å²) in [7, 11) is 3.27. The molecule has 0 spiro atoms. The standard InChI is InChI=1S/C22H25NO4/c1-5-26-18-7-8-19-16(13-23-14-17(19)12-18)9-15-10-20(24-3)22(27-6-2)21(11-15)25-4/h7-8,10-14H,5-6,9H2,1-4H3. The van der Waals surface area contributed by atoms with E-state index in [0.29, 0.717) is 36.9 Å². The Morgan fingerprint density at radius 1 is 0.852 bits per heavy atom. The van der Waals surface area contributed by atoms with Gasteiger partial charge in [-0.15, -0.1) is 0 Å². The Morgan fingerprint density at radius 3 is 2.19 bits per heavy atom. The van der Waals surface area contributed by atoms with Crippen molar-refractivity contribution < 1.29 is 18.9 Å². The number of aromatic nitrogens is 1. The van der Waals surface area contributed by atoms with Crippen LogP contribution < -0.4 is 18.9 Å². The molecule has 5 heteroatoms. The first-order chi connectivity index (χ1) is 13.2. The fourth-order valence-corrected chi connectivity index (χ4v) is 3.16. The molecule has 0 bridgehead atoms. The van der Waals surface area contributed by atoms with Crippen LogP contribution in [0.15, 0.2) is 42.7 Å². The third-order valence-electron chi connectivity index (χ3n) is 4.33. The molecular weight excluding hydrogens is 342 g/mol. The number of hydrogen-bond acceptors (Lipinski definition) is 5. The highest BCUT2D eigenvalue weighted by Gasteiger charge is 2.15. The van der Waals surface area contributed by atoms with Crippen LogP contribution in [-0.4, -0.2) is 32.4 Å². The predicted molar refractivity (Wildman–Crippen MR) is 106 cm³/mol. The van der Waals surface area contributed by atoms with Crippen LogP contribution in [0, 0.1) is 0 Å². The monoisotopic (exact) mass is 367 g/mol. The Kier molecular flexibility index (Phi) is 6.01. The molecule has 0 saturated carbocycles. The van der Waals surface area contributed by atoms with Crippen LogP contribution in [0.1, 0.15) is 25.0 Å². The van der Waals surface area contributed by atoms with E-state index in [1.807, 2.05) is 50.5 Å². The largest absolute Gasteiger partial charge is 0.494 e. The molecule has 2 aromatic carbocycles. The van der Waals surface area contributed by atoms with Crippen molar-refractivity contribution >= 4 is 10.8 Å². The Bertz CT molecular complexity index is 898. The van der Waals surface area contributed by atoms with Crippen LogP contribution in [0.4, 0.5) is 0 Å². The lowest BCUT2D eigenvalue weighted by Crippen LogP contribution is -2.01. The molecule has 1 aromatic heterocycles. The number of rotatable bonds is 8. The zero-order valence-corrected chi connectivity index (χ0v) is 16.2. The van der Waals surface area contributed by atoms with Crippen molar-refractivity contribution in [3.8, 4) is 23.0 Å². The van der Waals surface area contributed by atoms with Gasteiger partial charge >= 0.3 is 0 Å². The van der Waals surface area contributed by atoms with Crippen molar-refractivity contribution in [1.82, 2.24) is 4.98 Å². The summed E-state index contributed by atoms with van der Waals surface area (Å²) >= 11 is 0. The minimum atomic E-state index is 0.543. The Balaban J connectivity index is 1.99. The Hall–Kier alpha value is -2.95. The summed E-state index contributed by atoms with van der Waals surface area (Å²) in [5.41, 5.74) is 2.19. The lowest BCUT2D eigenvalue weighted by Gasteiger charge is -2.16. The lowest BCUT2D eigenvalue weighted by atomic mass is 10.00. The van der Waals surface area contributed by atoms with Gasteiger partial charge in [-0.2, -0.15) is 0 Å². The molecule has 0 N–H and O–H groups in total. The van der Waals surface area contributed by atoms with Gasteiger partial charge in [0.05, 0.1) is 27.4 Å². The van der Waals surface area contributed by atoms with Crippen molar-refractivity contribution in [2.45, 2.75) is 20.3 Å². The second kappa shape index (κ2) is 8.62. The van der Waals surface area contributed by atoms with E-state index in [4.69, 9.17) is 18.9 Å². The average Bonchev–Trinajstić information content (AvgIpc) is 2.69. The molecule has 0 amide bonds. The van der Waals surface area contributed by atoms with Gasteiger partial charge in [-0.3, -0.25) is 4.98 Å². The molecule has 0 fully saturated rings. The maximum atomic E-state index is 5.69. The van der Waals surface area contributed by atoms with Gasteiger partial charge in [-0.25, -0.2) is 0 Å². The maximum Gasteiger partial charge on any atom is 0.203 e. The van der Waals surface area contributed by atoms with E-state index < -0.39 is 0 Å². The summed E-state index contributed by atoms with van der Waals surface area (Å²) in [6.45, 7) is 5.10. The molecule has 1 heterocycles. The van der Waals surface area contributed by atoms with Crippen molar-refractivity contribution in [1.29, 1.82) is 0 Å². The van der Waals surface area contributed by atoms with E-state index in [0.717, 1.165) is 27.6 Å². The quantitative estimate of drug-likeness (QED) is 0.580. The highest BCUT2D eigenvalue weighted by atomic mass is 16.5. The van der Waals surface area contributed by atoms with Crippen molar-refractivity contribution in [3.63, 3.8) is 0 Å². The molecule has 0 aliphatic carbocycles. The minimum absolute atomic E-state index is 0.543. The molecule has 5 nitrogen and oxygen atoms in total. The zero-order valence-electron chi connectivity index (χ0n) is 16.2. The molecule has 0 radical (unpaired) electrons. The summed E-state index contributed by atoms with van der Waals surface area (Å²) in [4.78, 5) is 4.40. The van der Waals surface area contributed by atoms with Gasteiger partial charge in [0.2, 0.25) is 5.75 Å². The molecule has 142 valence electrons. The minimum Gasteiger partial charge on any atom is -0.494 e. The molecule has 0 atom stereocenters. The van der Waals surface area contributed by atoms with Crippen LogP contribution in [0.25, 0.3) is 10.8 Å². The van der Waals surface area contributed by atoms with E-state index in [2.05, 4.69) is 11.1 Å². The first-order valence-electron chi connectivity index (χ1n) is 9.07. The van der Waals surface area contributed by atoms with Crippen LogP contribution in [-0.2, 0) is 6.42 Å². The second-order valence-electron chi connectivity index (χ2n) is 6.05. The van der Waals surface area contributed by atoms with Crippen LogP contribution >= 0.6 is 0 Å². The summed E-state index contributed by atoms with van der Waals surface area (Å²) < 4.78 is 22.3. The molecule has 0 aliphatic rings. The topological polar surface area (TPSA) is 49.8 Å². The number of pyridine rings is 1. The van der Waals surface area contributed by atoms with Gasteiger partial charge < -0.3 is 18.9 Å². The number of methoxy groups -OCH3 is 2. The van der Waals surface area contributed by atoms with Gasteiger partial charge in [0.1, 0.15) is 5.75 Å². The van der Waals surface area contributed by atoms with Gasteiger partial charge in [-0.05, 0) is 61.0 Å². The predicted octanol–water partition coefficient (Wildman–Crippen LogP) is 4.64. The van der Waals surface area contributed by atoms with Crippen LogP contribution in [0.3, 0.4) is 0 Å². The normalized spacial score (nSPS) is 10.7. The first kappa shape index (κ1) is 18.8. The van der Waals surface area contributed by atoms with E-state index in [1.54, 1.807) is 14.2 Å². The Morgan fingerprint density at radius 2 is 1.56 bits per heavy atom. The molecule has 27 heavy (non-hydrogen) atoms. The van der Waals surface area contributed by atoms with Gasteiger partial charge in [0.15, 0.2) is 11.5 Å². The Labute approximate surface area is 159 Å². The van der Waals surface area contributed by atoms with E-state index in [9.17, 15) is 0 Å². The lowest BCUT2D eigenvalue weighted by molar-refractivity contribution is 0.288. The van der Waals surface area contributed by atoms with Crippen LogP contribution in [0.5, 0.6) is 23.0 Å². The smallest absolute Gasteiger partial charge is 0.203 e.